The van der Waals surface area contributed by atoms with Gasteiger partial charge in [-0.3, -0.25) is 9.59 Å². The molecule has 3 atom stereocenters. The van der Waals surface area contributed by atoms with Gasteiger partial charge in [0.2, 0.25) is 5.91 Å². The van der Waals surface area contributed by atoms with Gasteiger partial charge in [-0.05, 0) is 18.8 Å². The van der Waals surface area contributed by atoms with Gasteiger partial charge in [-0.1, -0.05) is 13.3 Å². The lowest BCUT2D eigenvalue weighted by Crippen LogP contribution is -2.40. The molecule has 1 unspecified atom stereocenters. The van der Waals surface area contributed by atoms with Gasteiger partial charge in [0.25, 0.3) is 0 Å². The Morgan fingerprint density at radius 1 is 1.16 bits per heavy atom. The third-order valence-corrected chi connectivity index (χ3v) is 3.62. The van der Waals surface area contributed by atoms with Crippen LogP contribution in [0, 0.1) is 17.8 Å². The fourth-order valence-electron chi connectivity index (χ4n) is 2.54. The molecule has 1 aliphatic carbocycles. The van der Waals surface area contributed by atoms with E-state index in [1.165, 1.54) is 0 Å². The number of hydrogen-bond donors (Lipinski definition) is 4. The lowest BCUT2D eigenvalue weighted by Gasteiger charge is -2.15. The van der Waals surface area contributed by atoms with E-state index in [0.717, 1.165) is 6.42 Å². The van der Waals surface area contributed by atoms with Gasteiger partial charge in [-0.15, -0.1) is 0 Å². The maximum absolute atomic E-state index is 11.9. The molecule has 1 aliphatic rings. The number of rotatable bonds is 6. The van der Waals surface area contributed by atoms with E-state index in [4.69, 9.17) is 10.8 Å². The van der Waals surface area contributed by atoms with Crippen molar-refractivity contribution in [3.8, 4) is 0 Å². The van der Waals surface area contributed by atoms with Gasteiger partial charge in [0, 0.05) is 13.1 Å². The van der Waals surface area contributed by atoms with Crippen LogP contribution in [-0.4, -0.2) is 36.1 Å². The predicted octanol–water partition coefficient (Wildman–Crippen LogP) is -0.0921. The highest BCUT2D eigenvalue weighted by Crippen LogP contribution is 2.38. The van der Waals surface area contributed by atoms with E-state index >= 15 is 0 Å². The number of nitrogens with one attached hydrogen (secondary N) is 2. The average molecular weight is 271 g/mol. The van der Waals surface area contributed by atoms with Crippen molar-refractivity contribution in [2.24, 2.45) is 23.5 Å². The highest BCUT2D eigenvalue weighted by atomic mass is 16.4. The van der Waals surface area contributed by atoms with Crippen LogP contribution < -0.4 is 16.4 Å². The van der Waals surface area contributed by atoms with Crippen molar-refractivity contribution in [3.05, 3.63) is 0 Å². The van der Waals surface area contributed by atoms with Crippen molar-refractivity contribution in [1.29, 1.82) is 0 Å². The monoisotopic (exact) mass is 271 g/mol. The Labute approximate surface area is 111 Å². The molecule has 1 saturated carbocycles. The summed E-state index contributed by atoms with van der Waals surface area (Å²) in [6.07, 6.45) is 2.06. The predicted molar refractivity (Wildman–Crippen MR) is 68.2 cm³/mol. The number of carbonyl (C=O) groups is 3. The second-order valence-electron chi connectivity index (χ2n) is 4.88. The molecule has 7 heteroatoms. The number of amides is 3. The van der Waals surface area contributed by atoms with E-state index < -0.39 is 23.8 Å². The van der Waals surface area contributed by atoms with Crippen molar-refractivity contribution in [3.63, 3.8) is 0 Å². The molecule has 0 aromatic heterocycles. The summed E-state index contributed by atoms with van der Waals surface area (Å²) in [5.41, 5.74) is 4.89. The zero-order valence-electron chi connectivity index (χ0n) is 11.0. The minimum atomic E-state index is -0.911. The van der Waals surface area contributed by atoms with Gasteiger partial charge in [0.1, 0.15) is 0 Å². The van der Waals surface area contributed by atoms with E-state index in [1.54, 1.807) is 0 Å². The molecule has 0 aromatic carbocycles. The van der Waals surface area contributed by atoms with Crippen LogP contribution in [-0.2, 0) is 9.59 Å². The van der Waals surface area contributed by atoms with E-state index in [-0.39, 0.29) is 19.0 Å². The van der Waals surface area contributed by atoms with Crippen molar-refractivity contribution >= 4 is 17.9 Å². The number of carboxylic acids is 1. The summed E-state index contributed by atoms with van der Waals surface area (Å²) in [5.74, 6) is -1.95. The maximum atomic E-state index is 11.9. The lowest BCUT2D eigenvalue weighted by molar-refractivity contribution is -0.146. The summed E-state index contributed by atoms with van der Waals surface area (Å²) >= 11 is 0. The Kier molecular flexibility index (Phi) is 5.59. The molecule has 0 saturated heterocycles. The normalized spacial score (nSPS) is 25.8. The first-order chi connectivity index (χ1) is 8.95. The largest absolute Gasteiger partial charge is 0.481 e. The summed E-state index contributed by atoms with van der Waals surface area (Å²) in [5, 5.41) is 14.1. The Hall–Kier alpha value is -1.79. The lowest BCUT2D eigenvalue weighted by atomic mass is 9.95. The Bertz CT molecular complexity index is 359. The molecule has 7 nitrogen and oxygen atoms in total. The average Bonchev–Trinajstić information content (AvgIpc) is 2.78. The molecule has 1 rings (SSSR count). The van der Waals surface area contributed by atoms with Crippen LogP contribution in [0.3, 0.4) is 0 Å². The zero-order chi connectivity index (χ0) is 14.4. The second-order valence-corrected chi connectivity index (χ2v) is 4.88. The maximum Gasteiger partial charge on any atom is 0.312 e. The summed E-state index contributed by atoms with van der Waals surface area (Å²) in [7, 11) is 0. The van der Waals surface area contributed by atoms with Crippen LogP contribution in [0.4, 0.5) is 4.79 Å². The standard InChI is InChI=1S/C12H21N3O4/c1-2-7-5-8(9(6-7)11(17)18)10(16)14-3-4-15-12(13)19/h7-9H,2-6H2,1H3,(H,14,16)(H,17,18)(H3,13,15,19)/t7?,8-,9+/m0/s1. The first-order valence-corrected chi connectivity index (χ1v) is 6.49. The van der Waals surface area contributed by atoms with Gasteiger partial charge >= 0.3 is 12.0 Å². The Morgan fingerprint density at radius 2 is 1.74 bits per heavy atom. The van der Waals surface area contributed by atoms with Gasteiger partial charge < -0.3 is 21.5 Å². The molecule has 108 valence electrons. The van der Waals surface area contributed by atoms with Gasteiger partial charge in [-0.25, -0.2) is 4.79 Å². The molecule has 0 heterocycles. The van der Waals surface area contributed by atoms with Crippen molar-refractivity contribution in [1.82, 2.24) is 10.6 Å². The number of primary amides is 1. The van der Waals surface area contributed by atoms with Crippen molar-refractivity contribution in [2.45, 2.75) is 26.2 Å². The quantitative estimate of drug-likeness (QED) is 0.504. The second kappa shape index (κ2) is 6.96. The van der Waals surface area contributed by atoms with Crippen LogP contribution in [0.5, 0.6) is 0 Å². The Morgan fingerprint density at radius 3 is 2.26 bits per heavy atom. The fourth-order valence-corrected chi connectivity index (χ4v) is 2.54. The fraction of sp³-hybridized carbons (Fsp3) is 0.750. The van der Waals surface area contributed by atoms with E-state index in [9.17, 15) is 14.4 Å². The van der Waals surface area contributed by atoms with E-state index in [1.807, 2.05) is 6.92 Å². The zero-order valence-corrected chi connectivity index (χ0v) is 11.0. The molecule has 0 radical (unpaired) electrons. The SMILES string of the molecule is CCC1C[C@H](C(=O)NCCNC(N)=O)[C@H](C(=O)O)C1. The van der Waals surface area contributed by atoms with Crippen molar-refractivity contribution < 1.29 is 19.5 Å². The van der Waals surface area contributed by atoms with Crippen molar-refractivity contribution in [2.75, 3.05) is 13.1 Å². The third-order valence-electron chi connectivity index (χ3n) is 3.62. The van der Waals surface area contributed by atoms with E-state index in [0.29, 0.717) is 18.8 Å². The van der Waals surface area contributed by atoms with E-state index in [2.05, 4.69) is 10.6 Å². The van der Waals surface area contributed by atoms with Gasteiger partial charge in [0.05, 0.1) is 11.8 Å². The summed E-state index contributed by atoms with van der Waals surface area (Å²) in [4.78, 5) is 33.5. The molecular formula is C12H21N3O4. The van der Waals surface area contributed by atoms with Gasteiger partial charge in [0.15, 0.2) is 0 Å². The smallest absolute Gasteiger partial charge is 0.312 e. The topological polar surface area (TPSA) is 122 Å². The van der Waals surface area contributed by atoms with Crippen LogP contribution in [0.25, 0.3) is 0 Å². The first-order valence-electron chi connectivity index (χ1n) is 6.49. The molecule has 0 spiro atoms. The minimum absolute atomic E-state index is 0.239. The van der Waals surface area contributed by atoms with Crippen LogP contribution in [0.15, 0.2) is 0 Å². The summed E-state index contributed by atoms with van der Waals surface area (Å²) in [6.45, 7) is 2.49. The number of carboxylic acid groups (broad SMARTS) is 1. The molecule has 5 N–H and O–H groups in total. The number of urea groups is 1. The Balaban J connectivity index is 2.45. The molecule has 0 aliphatic heterocycles. The van der Waals surface area contributed by atoms with Crippen LogP contribution in [0.1, 0.15) is 26.2 Å². The number of nitrogens with two attached hydrogens (primary N) is 1. The molecule has 19 heavy (non-hydrogen) atoms. The van der Waals surface area contributed by atoms with Crippen LogP contribution in [0.2, 0.25) is 0 Å². The highest BCUT2D eigenvalue weighted by Gasteiger charge is 2.41. The van der Waals surface area contributed by atoms with Gasteiger partial charge in [-0.2, -0.15) is 0 Å². The number of hydrogen-bond acceptors (Lipinski definition) is 3. The highest BCUT2D eigenvalue weighted by molar-refractivity contribution is 5.85. The summed E-state index contributed by atoms with van der Waals surface area (Å²) in [6, 6.07) is -0.649. The molecule has 0 bridgehead atoms. The molecule has 1 fully saturated rings. The van der Waals surface area contributed by atoms with Crippen LogP contribution >= 0.6 is 0 Å². The number of carbonyl (C=O) groups excluding carboxylic acids is 2. The molecule has 0 aromatic rings. The molecular weight excluding hydrogens is 250 g/mol. The molecule has 3 amide bonds. The number of aliphatic carboxylic acids is 1. The first kappa shape index (κ1) is 15.3. The summed E-state index contributed by atoms with van der Waals surface area (Å²) < 4.78 is 0. The third kappa shape index (κ3) is 4.42. The minimum Gasteiger partial charge on any atom is -0.481 e.